The van der Waals surface area contributed by atoms with Crippen LogP contribution in [0.1, 0.15) is 51.2 Å². The lowest BCUT2D eigenvalue weighted by atomic mass is 9.97. The molecule has 1 saturated carbocycles. The van der Waals surface area contributed by atoms with E-state index < -0.39 is 5.60 Å². The third kappa shape index (κ3) is 2.43. The van der Waals surface area contributed by atoms with Crippen molar-refractivity contribution in [2.75, 3.05) is 0 Å². The molecule has 0 bridgehead atoms. The maximum absolute atomic E-state index is 12.2. The highest BCUT2D eigenvalue weighted by Gasteiger charge is 2.58. The van der Waals surface area contributed by atoms with Crippen molar-refractivity contribution >= 4 is 5.97 Å². The van der Waals surface area contributed by atoms with Gasteiger partial charge in [0.1, 0.15) is 5.60 Å². The van der Waals surface area contributed by atoms with Crippen LogP contribution in [0.15, 0.2) is 24.3 Å². The Morgan fingerprint density at radius 1 is 1.33 bits per heavy atom. The van der Waals surface area contributed by atoms with Gasteiger partial charge in [0.05, 0.1) is 5.41 Å². The normalized spacial score (nSPS) is 26.8. The van der Waals surface area contributed by atoms with Crippen LogP contribution in [0.25, 0.3) is 0 Å². The summed E-state index contributed by atoms with van der Waals surface area (Å²) in [4.78, 5) is 12.2. The monoisotopic (exact) mass is 246 g/mol. The molecule has 1 aliphatic carbocycles. The zero-order valence-electron chi connectivity index (χ0n) is 11.9. The average Bonchev–Trinajstić information content (AvgIpc) is 2.90. The van der Waals surface area contributed by atoms with Crippen molar-refractivity contribution in [2.45, 2.75) is 52.6 Å². The second-order valence-electron chi connectivity index (χ2n) is 6.53. The van der Waals surface area contributed by atoms with Crippen LogP contribution in [-0.4, -0.2) is 11.6 Å². The van der Waals surface area contributed by atoms with Gasteiger partial charge < -0.3 is 4.74 Å². The number of carbonyl (C=O) groups excluding carboxylic acids is 1. The fraction of sp³-hybridized carbons (Fsp3) is 0.562. The summed E-state index contributed by atoms with van der Waals surface area (Å²) in [5.74, 6) is 0.247. The Labute approximate surface area is 109 Å². The van der Waals surface area contributed by atoms with Crippen LogP contribution in [0, 0.1) is 12.3 Å². The van der Waals surface area contributed by atoms with Gasteiger partial charge in [0.25, 0.3) is 0 Å². The lowest BCUT2D eigenvalue weighted by Gasteiger charge is -2.22. The fourth-order valence-corrected chi connectivity index (χ4v) is 2.42. The number of hydrogen-bond donors (Lipinski definition) is 0. The summed E-state index contributed by atoms with van der Waals surface area (Å²) in [6.07, 6.45) is 0.896. The van der Waals surface area contributed by atoms with Gasteiger partial charge in [-0.25, -0.2) is 0 Å². The Kier molecular flexibility index (Phi) is 3.00. The second-order valence-corrected chi connectivity index (χ2v) is 6.53. The second kappa shape index (κ2) is 4.11. The number of ether oxygens (including phenoxy) is 1. The molecule has 0 N–H and O–H groups in total. The molecule has 2 unspecified atom stereocenters. The Bertz CT molecular complexity index is 470. The summed E-state index contributed by atoms with van der Waals surface area (Å²) < 4.78 is 5.52. The van der Waals surface area contributed by atoms with Crippen molar-refractivity contribution in [3.63, 3.8) is 0 Å². The molecule has 0 heterocycles. The molecule has 0 saturated heterocycles. The van der Waals surface area contributed by atoms with Gasteiger partial charge in [0, 0.05) is 5.92 Å². The molecule has 0 aromatic heterocycles. The molecule has 0 spiro atoms. The van der Waals surface area contributed by atoms with Gasteiger partial charge in [-0.2, -0.15) is 0 Å². The van der Waals surface area contributed by atoms with E-state index in [9.17, 15) is 4.79 Å². The Hall–Kier alpha value is -1.31. The predicted octanol–water partition coefficient (Wildman–Crippen LogP) is 3.83. The largest absolute Gasteiger partial charge is 0.460 e. The van der Waals surface area contributed by atoms with Gasteiger partial charge in [-0.05, 0) is 52.2 Å². The van der Waals surface area contributed by atoms with Gasteiger partial charge in [-0.15, -0.1) is 0 Å². The van der Waals surface area contributed by atoms with Gasteiger partial charge >= 0.3 is 5.97 Å². The molecule has 0 amide bonds. The molecule has 2 rings (SSSR count). The molecule has 0 radical (unpaired) electrons. The van der Waals surface area contributed by atoms with E-state index in [1.54, 1.807) is 0 Å². The van der Waals surface area contributed by atoms with Gasteiger partial charge in [0.2, 0.25) is 0 Å². The summed E-state index contributed by atoms with van der Waals surface area (Å²) in [5.41, 5.74) is 1.80. The number of aryl methyl sites for hydroxylation is 1. The summed E-state index contributed by atoms with van der Waals surface area (Å²) in [6, 6.07) is 8.29. The first kappa shape index (κ1) is 13.1. The zero-order chi connectivity index (χ0) is 13.6. The van der Waals surface area contributed by atoms with E-state index in [1.165, 1.54) is 11.1 Å². The molecule has 2 heteroatoms. The standard InChI is InChI=1S/C16H22O2/c1-11-8-6-7-9-12(11)13-10-16(13,5)14(17)18-15(2,3)4/h6-9,13H,10H2,1-5H3. The van der Waals surface area contributed by atoms with E-state index in [4.69, 9.17) is 4.74 Å². The molecule has 1 aromatic rings. The Morgan fingerprint density at radius 2 is 1.94 bits per heavy atom. The average molecular weight is 246 g/mol. The topological polar surface area (TPSA) is 26.3 Å². The van der Waals surface area contributed by atoms with Crippen molar-refractivity contribution in [2.24, 2.45) is 5.41 Å². The maximum atomic E-state index is 12.2. The minimum Gasteiger partial charge on any atom is -0.460 e. The highest BCUT2D eigenvalue weighted by Crippen LogP contribution is 2.60. The quantitative estimate of drug-likeness (QED) is 0.741. The zero-order valence-corrected chi connectivity index (χ0v) is 11.9. The Morgan fingerprint density at radius 3 is 2.50 bits per heavy atom. The van der Waals surface area contributed by atoms with Crippen LogP contribution in [0.3, 0.4) is 0 Å². The van der Waals surface area contributed by atoms with E-state index in [-0.39, 0.29) is 11.4 Å². The van der Waals surface area contributed by atoms with E-state index in [0.29, 0.717) is 5.92 Å². The summed E-state index contributed by atoms with van der Waals surface area (Å²) in [7, 11) is 0. The number of carbonyl (C=O) groups is 1. The third-order valence-electron chi connectivity index (χ3n) is 3.67. The van der Waals surface area contributed by atoms with Crippen LogP contribution >= 0.6 is 0 Å². The Balaban J connectivity index is 2.14. The first-order chi connectivity index (χ1) is 8.24. The van der Waals surface area contributed by atoms with Crippen molar-refractivity contribution in [3.05, 3.63) is 35.4 Å². The molecule has 1 aliphatic rings. The van der Waals surface area contributed by atoms with Crippen molar-refractivity contribution in [1.82, 2.24) is 0 Å². The maximum Gasteiger partial charge on any atom is 0.312 e. The molecule has 18 heavy (non-hydrogen) atoms. The molecule has 0 aliphatic heterocycles. The van der Waals surface area contributed by atoms with Crippen LogP contribution in [0.4, 0.5) is 0 Å². The van der Waals surface area contributed by atoms with Gasteiger partial charge in [0.15, 0.2) is 0 Å². The van der Waals surface area contributed by atoms with Crippen LogP contribution < -0.4 is 0 Å². The highest BCUT2D eigenvalue weighted by atomic mass is 16.6. The summed E-state index contributed by atoms with van der Waals surface area (Å²) >= 11 is 0. The van der Waals surface area contributed by atoms with E-state index in [0.717, 1.165) is 6.42 Å². The third-order valence-corrected chi connectivity index (χ3v) is 3.67. The molecule has 1 aromatic carbocycles. The van der Waals surface area contributed by atoms with E-state index >= 15 is 0 Å². The van der Waals surface area contributed by atoms with Crippen LogP contribution in [0.2, 0.25) is 0 Å². The number of esters is 1. The lowest BCUT2D eigenvalue weighted by Crippen LogP contribution is -2.29. The van der Waals surface area contributed by atoms with Crippen molar-refractivity contribution < 1.29 is 9.53 Å². The molecule has 1 fully saturated rings. The van der Waals surface area contributed by atoms with Crippen LogP contribution in [0.5, 0.6) is 0 Å². The molecule has 98 valence electrons. The minimum atomic E-state index is -0.404. The van der Waals surface area contributed by atoms with Gasteiger partial charge in [-0.3, -0.25) is 4.79 Å². The first-order valence-corrected chi connectivity index (χ1v) is 6.53. The lowest BCUT2D eigenvalue weighted by molar-refractivity contribution is -0.161. The number of hydrogen-bond acceptors (Lipinski definition) is 2. The number of rotatable bonds is 2. The molecular formula is C16H22O2. The van der Waals surface area contributed by atoms with E-state index in [2.05, 4.69) is 19.1 Å². The SMILES string of the molecule is Cc1ccccc1C1CC1(C)C(=O)OC(C)(C)C. The van der Waals surface area contributed by atoms with E-state index in [1.807, 2.05) is 39.8 Å². The first-order valence-electron chi connectivity index (χ1n) is 6.53. The van der Waals surface area contributed by atoms with Crippen molar-refractivity contribution in [3.8, 4) is 0 Å². The smallest absolute Gasteiger partial charge is 0.312 e. The summed E-state index contributed by atoms with van der Waals surface area (Å²) in [6.45, 7) is 9.86. The highest BCUT2D eigenvalue weighted by molar-refractivity contribution is 5.82. The minimum absolute atomic E-state index is 0.0664. The molecular weight excluding hydrogens is 224 g/mol. The van der Waals surface area contributed by atoms with Crippen molar-refractivity contribution in [1.29, 1.82) is 0 Å². The van der Waals surface area contributed by atoms with Gasteiger partial charge in [-0.1, -0.05) is 24.3 Å². The summed E-state index contributed by atoms with van der Waals surface area (Å²) in [5, 5.41) is 0. The molecule has 2 nitrogen and oxygen atoms in total. The van der Waals surface area contributed by atoms with Crippen LogP contribution in [-0.2, 0) is 9.53 Å². The molecule has 2 atom stereocenters. The number of benzene rings is 1. The predicted molar refractivity (Wildman–Crippen MR) is 72.5 cm³/mol. The fourth-order valence-electron chi connectivity index (χ4n) is 2.42.